The van der Waals surface area contributed by atoms with E-state index in [0.717, 1.165) is 28.5 Å². The first-order valence-electron chi connectivity index (χ1n) is 9.78. The molecule has 0 saturated carbocycles. The number of aromatic amines is 1. The molecule has 4 rings (SSSR count). The third kappa shape index (κ3) is 4.53. The summed E-state index contributed by atoms with van der Waals surface area (Å²) in [6.45, 7) is 1.97. The van der Waals surface area contributed by atoms with E-state index in [2.05, 4.69) is 26.2 Å². The molecule has 0 atom stereocenters. The number of aryl methyl sites for hydroxylation is 1. The number of sulfone groups is 1. The molecule has 0 unspecified atom stereocenters. The van der Waals surface area contributed by atoms with E-state index >= 15 is 0 Å². The lowest BCUT2D eigenvalue weighted by atomic mass is 10.2. The van der Waals surface area contributed by atoms with Crippen molar-refractivity contribution in [3.8, 4) is 6.07 Å². The maximum Gasteiger partial charge on any atom is 0.232 e. The summed E-state index contributed by atoms with van der Waals surface area (Å²) in [5, 5.41) is 17.6. The highest BCUT2D eigenvalue weighted by molar-refractivity contribution is 7.90. The van der Waals surface area contributed by atoms with Gasteiger partial charge in [0.1, 0.15) is 18.2 Å². The van der Waals surface area contributed by atoms with E-state index in [-0.39, 0.29) is 18.4 Å². The molecule has 162 valence electrons. The van der Waals surface area contributed by atoms with Crippen molar-refractivity contribution in [1.82, 2.24) is 20.2 Å². The van der Waals surface area contributed by atoms with Crippen molar-refractivity contribution in [1.29, 1.82) is 5.26 Å². The second-order valence-corrected chi connectivity index (χ2v) is 9.43. The van der Waals surface area contributed by atoms with Gasteiger partial charge < -0.3 is 4.90 Å². The number of nitrogens with zero attached hydrogens (tertiary/aromatic N) is 6. The minimum atomic E-state index is -3.37. The van der Waals surface area contributed by atoms with Gasteiger partial charge in [0.05, 0.1) is 17.3 Å². The van der Waals surface area contributed by atoms with Gasteiger partial charge >= 0.3 is 0 Å². The summed E-state index contributed by atoms with van der Waals surface area (Å²) in [5.41, 5.74) is 3.14. The number of rotatable bonds is 7. The van der Waals surface area contributed by atoms with Crippen LogP contribution in [-0.4, -0.2) is 47.3 Å². The van der Waals surface area contributed by atoms with Crippen LogP contribution in [0.1, 0.15) is 5.69 Å². The standard InChI is InChI=1S/C22H21N7O2S/c1-16-19-9-8-18(14-20(19)27-26-16)28(13-11-23)21-10-12-24-22(25-21)29(15-32(2,30)31)17-6-4-3-5-7-17/h3-10,12,14H,13,15H2,1-2H3,(H,26,27). The Hall–Kier alpha value is -3.97. The Morgan fingerprint density at radius 1 is 1.06 bits per heavy atom. The number of anilines is 4. The van der Waals surface area contributed by atoms with Crippen LogP contribution < -0.4 is 9.80 Å². The Morgan fingerprint density at radius 3 is 2.56 bits per heavy atom. The van der Waals surface area contributed by atoms with E-state index in [1.54, 1.807) is 29.3 Å². The van der Waals surface area contributed by atoms with Crippen molar-refractivity contribution < 1.29 is 8.42 Å². The lowest BCUT2D eigenvalue weighted by Gasteiger charge is -2.25. The van der Waals surface area contributed by atoms with Crippen LogP contribution >= 0.6 is 0 Å². The fourth-order valence-corrected chi connectivity index (χ4v) is 4.13. The van der Waals surface area contributed by atoms with Crippen molar-refractivity contribution in [2.24, 2.45) is 0 Å². The number of aromatic nitrogens is 4. The molecule has 0 radical (unpaired) electrons. The van der Waals surface area contributed by atoms with Gasteiger partial charge in [-0.15, -0.1) is 0 Å². The maximum absolute atomic E-state index is 12.1. The normalized spacial score (nSPS) is 11.3. The SMILES string of the molecule is Cc1n[nH]c2cc(N(CC#N)c3ccnc(N(CS(C)(=O)=O)c4ccccc4)n3)ccc12. The van der Waals surface area contributed by atoms with Crippen molar-refractivity contribution in [2.45, 2.75) is 6.92 Å². The van der Waals surface area contributed by atoms with E-state index in [9.17, 15) is 13.7 Å². The van der Waals surface area contributed by atoms with Crippen LogP contribution in [0.3, 0.4) is 0 Å². The zero-order valence-corrected chi connectivity index (χ0v) is 18.4. The highest BCUT2D eigenvalue weighted by atomic mass is 32.2. The van der Waals surface area contributed by atoms with Gasteiger partial charge in [0.25, 0.3) is 0 Å². The first kappa shape index (κ1) is 21.3. The van der Waals surface area contributed by atoms with Crippen molar-refractivity contribution >= 4 is 43.9 Å². The third-order valence-electron chi connectivity index (χ3n) is 4.86. The zero-order chi connectivity index (χ0) is 22.7. The predicted octanol–water partition coefficient (Wildman–Crippen LogP) is 3.46. The number of hydrogen-bond acceptors (Lipinski definition) is 8. The summed E-state index contributed by atoms with van der Waals surface area (Å²) in [4.78, 5) is 12.2. The minimum Gasteiger partial charge on any atom is -0.312 e. The molecule has 32 heavy (non-hydrogen) atoms. The molecule has 0 aliphatic heterocycles. The number of benzene rings is 2. The van der Waals surface area contributed by atoms with Crippen molar-refractivity contribution in [3.05, 3.63) is 66.5 Å². The van der Waals surface area contributed by atoms with Crippen molar-refractivity contribution in [3.63, 3.8) is 0 Å². The van der Waals surface area contributed by atoms with Gasteiger partial charge in [0.2, 0.25) is 5.95 Å². The lowest BCUT2D eigenvalue weighted by Crippen LogP contribution is -2.27. The van der Waals surface area contributed by atoms with E-state index < -0.39 is 9.84 Å². The molecule has 0 spiro atoms. The van der Waals surface area contributed by atoms with Gasteiger partial charge in [-0.1, -0.05) is 18.2 Å². The smallest absolute Gasteiger partial charge is 0.232 e. The number of hydrogen-bond donors (Lipinski definition) is 1. The van der Waals surface area contributed by atoms with E-state index in [0.29, 0.717) is 11.5 Å². The predicted molar refractivity (Wildman–Crippen MR) is 124 cm³/mol. The van der Waals surface area contributed by atoms with Crippen LogP contribution in [0, 0.1) is 18.3 Å². The lowest BCUT2D eigenvalue weighted by molar-refractivity contribution is 0.601. The van der Waals surface area contributed by atoms with Crippen LogP contribution in [0.25, 0.3) is 10.9 Å². The molecule has 2 aromatic heterocycles. The number of nitrogens with one attached hydrogen (secondary N) is 1. The van der Waals surface area contributed by atoms with Gasteiger partial charge in [-0.2, -0.15) is 15.3 Å². The molecule has 2 aromatic carbocycles. The number of fused-ring (bicyclic) bond motifs is 1. The second-order valence-electron chi connectivity index (χ2n) is 7.32. The molecular weight excluding hydrogens is 426 g/mol. The van der Waals surface area contributed by atoms with Crippen LogP contribution in [-0.2, 0) is 9.84 Å². The van der Waals surface area contributed by atoms with Gasteiger partial charge in [0.15, 0.2) is 9.84 Å². The molecule has 4 aromatic rings. The molecule has 10 heteroatoms. The van der Waals surface area contributed by atoms with Crippen LogP contribution in [0.15, 0.2) is 60.8 Å². The topological polar surface area (TPSA) is 119 Å². The van der Waals surface area contributed by atoms with Crippen LogP contribution in [0.2, 0.25) is 0 Å². The Balaban J connectivity index is 1.77. The summed E-state index contributed by atoms with van der Waals surface area (Å²) >= 11 is 0. The summed E-state index contributed by atoms with van der Waals surface area (Å²) in [6, 6.07) is 18.7. The molecule has 0 aliphatic carbocycles. The molecule has 0 amide bonds. The summed E-state index contributed by atoms with van der Waals surface area (Å²) in [6.07, 6.45) is 2.72. The quantitative estimate of drug-likeness (QED) is 0.428. The maximum atomic E-state index is 12.1. The molecule has 9 nitrogen and oxygen atoms in total. The molecule has 0 bridgehead atoms. The summed E-state index contributed by atoms with van der Waals surface area (Å²) in [5.74, 6) is 0.417. The summed E-state index contributed by atoms with van der Waals surface area (Å²) < 4.78 is 24.2. The molecule has 0 aliphatic rings. The fourth-order valence-electron chi connectivity index (χ4n) is 3.40. The highest BCUT2D eigenvalue weighted by Crippen LogP contribution is 2.29. The molecule has 1 N–H and O–H groups in total. The average Bonchev–Trinajstić information content (AvgIpc) is 3.16. The Kier molecular flexibility index (Phi) is 5.75. The molecular formula is C22H21N7O2S. The second kappa shape index (κ2) is 8.64. The van der Waals surface area contributed by atoms with Gasteiger partial charge in [-0.05, 0) is 43.3 Å². The third-order valence-corrected chi connectivity index (χ3v) is 5.58. The average molecular weight is 448 g/mol. The van der Waals surface area contributed by atoms with Crippen LogP contribution in [0.5, 0.6) is 0 Å². The zero-order valence-electron chi connectivity index (χ0n) is 17.6. The fraction of sp³-hybridized carbons (Fsp3) is 0.182. The number of H-pyrrole nitrogens is 1. The minimum absolute atomic E-state index is 0.0481. The Bertz CT molecular complexity index is 1390. The van der Waals surface area contributed by atoms with Gasteiger partial charge in [-0.25, -0.2) is 13.4 Å². The monoisotopic (exact) mass is 447 g/mol. The largest absolute Gasteiger partial charge is 0.312 e. The number of para-hydroxylation sites is 1. The van der Waals surface area contributed by atoms with Crippen molar-refractivity contribution in [2.75, 3.05) is 28.5 Å². The number of nitriles is 1. The molecule has 0 saturated heterocycles. The highest BCUT2D eigenvalue weighted by Gasteiger charge is 2.20. The molecule has 2 heterocycles. The summed E-state index contributed by atoms with van der Waals surface area (Å²) in [7, 11) is -3.37. The first-order valence-corrected chi connectivity index (χ1v) is 11.8. The molecule has 0 fully saturated rings. The first-order chi connectivity index (χ1) is 15.4. The van der Waals surface area contributed by atoms with Gasteiger partial charge in [0, 0.05) is 29.2 Å². The van der Waals surface area contributed by atoms with E-state index in [1.807, 2.05) is 43.3 Å². The van der Waals surface area contributed by atoms with Crippen LogP contribution in [0.4, 0.5) is 23.1 Å². The van der Waals surface area contributed by atoms with E-state index in [4.69, 9.17) is 0 Å². The Morgan fingerprint density at radius 2 is 1.84 bits per heavy atom. The Labute approximate surface area is 185 Å². The van der Waals surface area contributed by atoms with E-state index in [1.165, 1.54) is 4.90 Å². The van der Waals surface area contributed by atoms with Gasteiger partial charge in [-0.3, -0.25) is 10.00 Å².